The first-order chi connectivity index (χ1) is 19.3. The van der Waals surface area contributed by atoms with Gasteiger partial charge in [-0.15, -0.1) is 13.2 Å². The number of aliphatic hydroxyl groups is 1. The molecule has 3 saturated heterocycles. The summed E-state index contributed by atoms with van der Waals surface area (Å²) in [7, 11) is 0. The number of carbonyl (C=O) groups excluding carboxylic acids is 3. The molecule has 0 aliphatic carbocycles. The van der Waals surface area contributed by atoms with Crippen LogP contribution in [0.15, 0.2) is 55.6 Å². The van der Waals surface area contributed by atoms with E-state index in [9.17, 15) is 19.5 Å². The number of rotatable bonds is 15. The molecule has 1 aromatic carbocycles. The highest BCUT2D eigenvalue weighted by atomic mass is 16.6. The van der Waals surface area contributed by atoms with Crippen LogP contribution in [0.2, 0.25) is 0 Å². The molecule has 2 amide bonds. The first-order valence-corrected chi connectivity index (χ1v) is 14.7. The minimum Gasteiger partial charge on any atom is -0.465 e. The molecule has 3 aliphatic heterocycles. The van der Waals surface area contributed by atoms with Crippen LogP contribution in [0.25, 0.3) is 0 Å². The smallest absolute Gasteiger partial charge is 0.312 e. The Hall–Kier alpha value is -2.97. The first kappa shape index (κ1) is 30.0. The molecule has 3 fully saturated rings. The number of ether oxygens (including phenoxy) is 2. The maximum absolute atomic E-state index is 14.5. The van der Waals surface area contributed by atoms with Crippen molar-refractivity contribution in [3.63, 3.8) is 0 Å². The molecule has 0 radical (unpaired) electrons. The molecule has 0 aromatic heterocycles. The van der Waals surface area contributed by atoms with E-state index in [0.29, 0.717) is 38.6 Å². The fraction of sp³-hybridized carbons (Fsp3) is 0.594. The van der Waals surface area contributed by atoms with Crippen molar-refractivity contribution < 1.29 is 29.0 Å². The van der Waals surface area contributed by atoms with Gasteiger partial charge in [-0.05, 0) is 50.5 Å². The zero-order valence-electron chi connectivity index (χ0n) is 23.9. The fourth-order valence-corrected chi connectivity index (χ4v) is 7.12. The Bertz CT molecular complexity index is 1090. The Kier molecular flexibility index (Phi) is 9.52. The summed E-state index contributed by atoms with van der Waals surface area (Å²) < 4.78 is 12.6. The van der Waals surface area contributed by atoms with Gasteiger partial charge in [0.25, 0.3) is 0 Å². The second kappa shape index (κ2) is 12.7. The van der Waals surface area contributed by atoms with Crippen molar-refractivity contribution in [2.24, 2.45) is 11.8 Å². The lowest BCUT2D eigenvalue weighted by Gasteiger charge is -2.39. The molecule has 2 bridgehead atoms. The van der Waals surface area contributed by atoms with Crippen LogP contribution in [-0.4, -0.2) is 75.7 Å². The van der Waals surface area contributed by atoms with E-state index in [0.717, 1.165) is 18.4 Å². The van der Waals surface area contributed by atoms with Gasteiger partial charge in [0.05, 0.1) is 30.8 Å². The Morgan fingerprint density at radius 2 is 1.95 bits per heavy atom. The van der Waals surface area contributed by atoms with Crippen molar-refractivity contribution in [3.05, 3.63) is 61.2 Å². The summed E-state index contributed by atoms with van der Waals surface area (Å²) in [4.78, 5) is 45.7. The summed E-state index contributed by atoms with van der Waals surface area (Å²) in [5.41, 5.74) is -1.06. The number of hydrogen-bond acceptors (Lipinski definition) is 6. The lowest BCUT2D eigenvalue weighted by molar-refractivity contribution is -0.163. The third-order valence-corrected chi connectivity index (χ3v) is 9.11. The minimum atomic E-state index is -1.16. The summed E-state index contributed by atoms with van der Waals surface area (Å²) in [5, 5.41) is 10.3. The fourth-order valence-electron chi connectivity index (χ4n) is 7.12. The Morgan fingerprint density at radius 3 is 2.58 bits per heavy atom. The molecule has 218 valence electrons. The van der Waals surface area contributed by atoms with Crippen molar-refractivity contribution >= 4 is 17.8 Å². The van der Waals surface area contributed by atoms with Crippen LogP contribution in [0.3, 0.4) is 0 Å². The molecule has 8 nitrogen and oxygen atoms in total. The zero-order chi connectivity index (χ0) is 28.9. The Balaban J connectivity index is 1.71. The number of benzene rings is 1. The SMILES string of the molecule is C=CCCCCOC(=O)[C@H]1[C@H]2C(=O)N([C@@H](CC)CO)C(C(=O)N(CC=C)Cc3ccccc3)C23CC[C@]1(CC)O3. The largest absolute Gasteiger partial charge is 0.465 e. The van der Waals surface area contributed by atoms with E-state index in [-0.39, 0.29) is 31.6 Å². The van der Waals surface area contributed by atoms with Crippen LogP contribution < -0.4 is 0 Å². The Labute approximate surface area is 238 Å². The predicted molar refractivity (Wildman–Crippen MR) is 152 cm³/mol. The number of fused-ring (bicyclic) bond motifs is 1. The summed E-state index contributed by atoms with van der Waals surface area (Å²) >= 11 is 0. The molecular formula is C32H44N2O6. The number of amides is 2. The highest BCUT2D eigenvalue weighted by Crippen LogP contribution is 2.65. The second-order valence-corrected chi connectivity index (χ2v) is 11.3. The first-order valence-electron chi connectivity index (χ1n) is 14.7. The van der Waals surface area contributed by atoms with Crippen molar-refractivity contribution in [2.75, 3.05) is 19.8 Å². The van der Waals surface area contributed by atoms with Crippen LogP contribution in [0, 0.1) is 11.8 Å². The van der Waals surface area contributed by atoms with Crippen LogP contribution in [0.4, 0.5) is 0 Å². The van der Waals surface area contributed by atoms with E-state index in [1.54, 1.807) is 11.0 Å². The van der Waals surface area contributed by atoms with Crippen LogP contribution >= 0.6 is 0 Å². The van der Waals surface area contributed by atoms with Gasteiger partial charge in [0.2, 0.25) is 11.8 Å². The number of unbranched alkanes of at least 4 members (excludes halogenated alkanes) is 2. The van der Waals surface area contributed by atoms with E-state index in [1.165, 1.54) is 4.90 Å². The summed E-state index contributed by atoms with van der Waals surface area (Å²) in [6.45, 7) is 12.0. The van der Waals surface area contributed by atoms with E-state index < -0.39 is 41.1 Å². The predicted octanol–water partition coefficient (Wildman–Crippen LogP) is 4.03. The molecular weight excluding hydrogens is 508 g/mol. The minimum absolute atomic E-state index is 0.253. The topological polar surface area (TPSA) is 96.4 Å². The normalized spacial score (nSPS) is 29.2. The molecule has 1 spiro atoms. The maximum Gasteiger partial charge on any atom is 0.312 e. The number of esters is 1. The molecule has 0 saturated carbocycles. The second-order valence-electron chi connectivity index (χ2n) is 11.3. The third kappa shape index (κ3) is 5.12. The highest BCUT2D eigenvalue weighted by molar-refractivity contribution is 5.98. The zero-order valence-corrected chi connectivity index (χ0v) is 23.9. The number of nitrogens with zero attached hydrogens (tertiary/aromatic N) is 2. The van der Waals surface area contributed by atoms with E-state index >= 15 is 0 Å². The van der Waals surface area contributed by atoms with Gasteiger partial charge in [-0.25, -0.2) is 0 Å². The van der Waals surface area contributed by atoms with E-state index in [1.807, 2.05) is 50.3 Å². The quantitative estimate of drug-likeness (QED) is 0.201. The van der Waals surface area contributed by atoms with Gasteiger partial charge in [0.1, 0.15) is 17.6 Å². The number of hydrogen-bond donors (Lipinski definition) is 1. The van der Waals surface area contributed by atoms with E-state index in [2.05, 4.69) is 13.2 Å². The van der Waals surface area contributed by atoms with Gasteiger partial charge >= 0.3 is 5.97 Å². The molecule has 2 unspecified atom stereocenters. The van der Waals surface area contributed by atoms with Crippen molar-refractivity contribution in [1.29, 1.82) is 0 Å². The third-order valence-electron chi connectivity index (χ3n) is 9.11. The number of aliphatic hydroxyl groups excluding tert-OH is 1. The number of likely N-dealkylation sites (tertiary alicyclic amines) is 1. The van der Waals surface area contributed by atoms with Crippen molar-refractivity contribution in [1.82, 2.24) is 9.80 Å². The summed E-state index contributed by atoms with van der Waals surface area (Å²) in [5.74, 6) is -2.62. The number of carbonyl (C=O) groups is 3. The maximum atomic E-state index is 14.5. The Morgan fingerprint density at radius 1 is 1.20 bits per heavy atom. The molecule has 4 rings (SSSR count). The summed E-state index contributed by atoms with van der Waals surface area (Å²) in [6, 6.07) is 8.15. The van der Waals surface area contributed by atoms with Crippen LogP contribution in [0.5, 0.6) is 0 Å². The molecule has 1 N–H and O–H groups in total. The van der Waals surface area contributed by atoms with Gasteiger partial charge < -0.3 is 24.4 Å². The lowest BCUT2D eigenvalue weighted by Crippen LogP contribution is -2.58. The van der Waals surface area contributed by atoms with Gasteiger partial charge in [-0.1, -0.05) is 56.3 Å². The van der Waals surface area contributed by atoms with Crippen molar-refractivity contribution in [2.45, 2.75) is 88.6 Å². The van der Waals surface area contributed by atoms with Crippen LogP contribution in [-0.2, 0) is 30.4 Å². The molecule has 3 heterocycles. The van der Waals surface area contributed by atoms with Crippen molar-refractivity contribution in [3.8, 4) is 0 Å². The van der Waals surface area contributed by atoms with E-state index in [4.69, 9.17) is 9.47 Å². The molecule has 3 aliphatic rings. The van der Waals surface area contributed by atoms with Gasteiger partial charge in [0.15, 0.2) is 0 Å². The molecule has 8 heteroatoms. The lowest BCUT2D eigenvalue weighted by atomic mass is 9.65. The highest BCUT2D eigenvalue weighted by Gasteiger charge is 2.79. The average molecular weight is 553 g/mol. The summed E-state index contributed by atoms with van der Waals surface area (Å²) in [6.07, 6.45) is 7.98. The average Bonchev–Trinajstić information content (AvgIpc) is 3.57. The van der Waals surface area contributed by atoms with Gasteiger partial charge in [0, 0.05) is 13.1 Å². The van der Waals surface area contributed by atoms with Gasteiger partial charge in [-0.3, -0.25) is 14.4 Å². The molecule has 40 heavy (non-hydrogen) atoms. The number of allylic oxidation sites excluding steroid dienone is 1. The van der Waals surface area contributed by atoms with Crippen LogP contribution in [0.1, 0.15) is 64.4 Å². The molecule has 1 aromatic rings. The van der Waals surface area contributed by atoms with Gasteiger partial charge in [-0.2, -0.15) is 0 Å². The standard InChI is InChI=1S/C32H44N2O6/c1-5-9-10-14-20-39-30(38)26-25-28(36)34(24(7-3)22-35)27(32(25)18-17-31(26,8-4)40-32)29(37)33(19-6-2)21-23-15-12-11-13-16-23/h5-6,11-13,15-16,24-27,35H,1-2,7-10,14,17-22H2,3-4H3/t24-,25-,26+,27?,31-,32?/m0/s1. The monoisotopic (exact) mass is 552 g/mol. The molecule has 6 atom stereocenters.